The second-order valence-electron chi connectivity index (χ2n) is 3.53. The van der Waals surface area contributed by atoms with Crippen LogP contribution in [0.1, 0.15) is 24.3 Å². The maximum atomic E-state index is 11.2. The Kier molecular flexibility index (Phi) is 2.36. The zero-order chi connectivity index (χ0) is 9.26. The molecule has 1 aromatic carbocycles. The summed E-state index contributed by atoms with van der Waals surface area (Å²) in [6.45, 7) is 0. The van der Waals surface area contributed by atoms with Crippen LogP contribution >= 0.6 is 11.6 Å². The zero-order valence-corrected chi connectivity index (χ0v) is 8.00. The highest BCUT2D eigenvalue weighted by Crippen LogP contribution is 2.43. The molecule has 1 saturated carbocycles. The minimum Gasteiger partial charge on any atom is -0.281 e. The Bertz CT molecular complexity index is 303. The minimum atomic E-state index is -0.214. The van der Waals surface area contributed by atoms with Crippen molar-refractivity contribution in [3.8, 4) is 0 Å². The van der Waals surface area contributed by atoms with E-state index in [2.05, 4.69) is 0 Å². The lowest BCUT2D eigenvalue weighted by Gasteiger charge is -2.10. The van der Waals surface area contributed by atoms with Crippen molar-refractivity contribution >= 4 is 16.8 Å². The number of hydrogen-bond donors (Lipinski definition) is 0. The van der Waals surface area contributed by atoms with Crippen LogP contribution in [-0.2, 0) is 4.79 Å². The Morgan fingerprint density at radius 1 is 1.31 bits per heavy atom. The van der Waals surface area contributed by atoms with Crippen LogP contribution in [0, 0.1) is 5.92 Å². The standard InChI is InChI=1S/C11H11ClO/c12-11(13)10(9-6-7-9)8-4-2-1-3-5-8/h1-5,9-10H,6-7H2. The number of benzene rings is 1. The molecule has 0 heterocycles. The fourth-order valence-electron chi connectivity index (χ4n) is 1.68. The van der Waals surface area contributed by atoms with E-state index in [1.807, 2.05) is 30.3 Å². The number of carbonyl (C=O) groups excluding carboxylic acids is 1. The van der Waals surface area contributed by atoms with E-state index in [9.17, 15) is 4.79 Å². The molecule has 0 radical (unpaired) electrons. The Labute approximate surface area is 82.7 Å². The van der Waals surface area contributed by atoms with E-state index >= 15 is 0 Å². The smallest absolute Gasteiger partial charge is 0.229 e. The van der Waals surface area contributed by atoms with Gasteiger partial charge in [-0.05, 0) is 35.9 Å². The van der Waals surface area contributed by atoms with Crippen LogP contribution < -0.4 is 0 Å². The Morgan fingerprint density at radius 3 is 2.38 bits per heavy atom. The summed E-state index contributed by atoms with van der Waals surface area (Å²) in [7, 11) is 0. The molecule has 0 aromatic heterocycles. The molecule has 1 fully saturated rings. The molecule has 0 saturated heterocycles. The normalized spacial score (nSPS) is 18.2. The van der Waals surface area contributed by atoms with Crippen molar-refractivity contribution < 1.29 is 4.79 Å². The molecule has 68 valence electrons. The highest BCUT2D eigenvalue weighted by atomic mass is 35.5. The van der Waals surface area contributed by atoms with Crippen molar-refractivity contribution in [1.29, 1.82) is 0 Å². The summed E-state index contributed by atoms with van der Waals surface area (Å²) in [5, 5.41) is -0.214. The molecule has 0 N–H and O–H groups in total. The average molecular weight is 195 g/mol. The van der Waals surface area contributed by atoms with Crippen LogP contribution in [0.2, 0.25) is 0 Å². The van der Waals surface area contributed by atoms with Crippen LogP contribution in [0.15, 0.2) is 30.3 Å². The lowest BCUT2D eigenvalue weighted by Crippen LogP contribution is -2.08. The van der Waals surface area contributed by atoms with Gasteiger partial charge in [-0.25, -0.2) is 0 Å². The van der Waals surface area contributed by atoms with Gasteiger partial charge in [0, 0.05) is 0 Å². The van der Waals surface area contributed by atoms with Crippen molar-refractivity contribution in [2.75, 3.05) is 0 Å². The number of carbonyl (C=O) groups is 1. The highest BCUT2D eigenvalue weighted by molar-refractivity contribution is 6.64. The first-order valence-electron chi connectivity index (χ1n) is 4.53. The molecule has 1 aliphatic rings. The summed E-state index contributed by atoms with van der Waals surface area (Å²) < 4.78 is 0. The molecule has 0 aliphatic heterocycles. The first-order valence-corrected chi connectivity index (χ1v) is 4.91. The Morgan fingerprint density at radius 2 is 1.92 bits per heavy atom. The molecule has 0 bridgehead atoms. The van der Waals surface area contributed by atoms with Crippen LogP contribution in [0.5, 0.6) is 0 Å². The van der Waals surface area contributed by atoms with E-state index in [0.29, 0.717) is 5.92 Å². The van der Waals surface area contributed by atoms with Crippen molar-refractivity contribution in [3.05, 3.63) is 35.9 Å². The lowest BCUT2D eigenvalue weighted by molar-refractivity contribution is -0.113. The van der Waals surface area contributed by atoms with Gasteiger partial charge in [0.15, 0.2) is 0 Å². The first-order chi connectivity index (χ1) is 6.29. The number of hydrogen-bond acceptors (Lipinski definition) is 1. The van der Waals surface area contributed by atoms with Gasteiger partial charge in [-0.2, -0.15) is 0 Å². The highest BCUT2D eigenvalue weighted by Gasteiger charge is 2.36. The van der Waals surface area contributed by atoms with Gasteiger partial charge in [-0.3, -0.25) is 4.79 Å². The minimum absolute atomic E-state index is 0.0668. The van der Waals surface area contributed by atoms with E-state index in [1.54, 1.807) is 0 Å². The topological polar surface area (TPSA) is 17.1 Å². The van der Waals surface area contributed by atoms with Crippen molar-refractivity contribution in [1.82, 2.24) is 0 Å². The lowest BCUT2D eigenvalue weighted by atomic mass is 9.96. The van der Waals surface area contributed by atoms with Gasteiger partial charge < -0.3 is 0 Å². The average Bonchev–Trinajstić information content (AvgIpc) is 2.90. The van der Waals surface area contributed by atoms with Gasteiger partial charge in [0.2, 0.25) is 5.24 Å². The molecule has 2 rings (SSSR count). The van der Waals surface area contributed by atoms with Crippen molar-refractivity contribution in [2.24, 2.45) is 5.92 Å². The largest absolute Gasteiger partial charge is 0.281 e. The van der Waals surface area contributed by atoms with Gasteiger partial charge in [-0.15, -0.1) is 0 Å². The van der Waals surface area contributed by atoms with E-state index in [-0.39, 0.29) is 11.2 Å². The Hall–Kier alpha value is -0.820. The van der Waals surface area contributed by atoms with Gasteiger partial charge in [-0.1, -0.05) is 30.3 Å². The van der Waals surface area contributed by atoms with Gasteiger partial charge in [0.05, 0.1) is 5.92 Å². The molecular formula is C11H11ClO. The third-order valence-corrected chi connectivity index (χ3v) is 2.73. The van der Waals surface area contributed by atoms with Gasteiger partial charge in [0.25, 0.3) is 0 Å². The summed E-state index contributed by atoms with van der Waals surface area (Å²) in [5.41, 5.74) is 1.06. The molecule has 2 heteroatoms. The zero-order valence-electron chi connectivity index (χ0n) is 7.24. The molecule has 1 atom stereocenters. The molecule has 13 heavy (non-hydrogen) atoms. The fourth-order valence-corrected chi connectivity index (χ4v) is 1.98. The molecule has 1 unspecified atom stereocenters. The predicted molar refractivity (Wildman–Crippen MR) is 52.8 cm³/mol. The van der Waals surface area contributed by atoms with E-state index in [1.165, 1.54) is 0 Å². The molecular weight excluding hydrogens is 184 g/mol. The maximum Gasteiger partial charge on any atom is 0.229 e. The molecule has 0 spiro atoms. The van der Waals surface area contributed by atoms with Crippen LogP contribution in [-0.4, -0.2) is 5.24 Å². The summed E-state index contributed by atoms with van der Waals surface area (Å²) in [6.07, 6.45) is 2.27. The van der Waals surface area contributed by atoms with E-state index in [0.717, 1.165) is 18.4 Å². The van der Waals surface area contributed by atoms with Crippen molar-refractivity contribution in [3.63, 3.8) is 0 Å². The monoisotopic (exact) mass is 194 g/mol. The van der Waals surface area contributed by atoms with Gasteiger partial charge in [0.1, 0.15) is 0 Å². The third-order valence-electron chi connectivity index (χ3n) is 2.50. The first kappa shape index (κ1) is 8.76. The molecule has 1 nitrogen and oxygen atoms in total. The van der Waals surface area contributed by atoms with E-state index < -0.39 is 0 Å². The van der Waals surface area contributed by atoms with Crippen LogP contribution in [0.25, 0.3) is 0 Å². The summed E-state index contributed by atoms with van der Waals surface area (Å²) in [5.74, 6) is 0.426. The summed E-state index contributed by atoms with van der Waals surface area (Å²) in [4.78, 5) is 11.2. The molecule has 1 aliphatic carbocycles. The molecule has 1 aromatic rings. The number of rotatable bonds is 3. The maximum absolute atomic E-state index is 11.2. The van der Waals surface area contributed by atoms with Crippen LogP contribution in [0.3, 0.4) is 0 Å². The van der Waals surface area contributed by atoms with Gasteiger partial charge >= 0.3 is 0 Å². The molecule has 0 amide bonds. The SMILES string of the molecule is O=C(Cl)C(c1ccccc1)C1CC1. The Balaban J connectivity index is 2.25. The van der Waals surface area contributed by atoms with E-state index in [4.69, 9.17) is 11.6 Å². The third kappa shape index (κ3) is 1.92. The second kappa shape index (κ2) is 3.51. The number of halogens is 1. The summed E-state index contributed by atoms with van der Waals surface area (Å²) in [6, 6.07) is 9.80. The predicted octanol–water partition coefficient (Wildman–Crippen LogP) is 2.95. The second-order valence-corrected chi connectivity index (χ2v) is 3.90. The fraction of sp³-hybridized carbons (Fsp3) is 0.364. The quantitative estimate of drug-likeness (QED) is 0.677. The van der Waals surface area contributed by atoms with Crippen LogP contribution in [0.4, 0.5) is 0 Å². The van der Waals surface area contributed by atoms with Crippen molar-refractivity contribution in [2.45, 2.75) is 18.8 Å². The summed E-state index contributed by atoms with van der Waals surface area (Å²) >= 11 is 5.57.